The molecule has 0 atom stereocenters. The molecule has 2 amide bonds. The maximum absolute atomic E-state index is 12.5. The average Bonchev–Trinajstić information content (AvgIpc) is 3.52. The first-order valence-corrected chi connectivity index (χ1v) is 11.0. The summed E-state index contributed by atoms with van der Waals surface area (Å²) in [6.45, 7) is 0.430. The number of nitrogens with zero attached hydrogens (tertiary/aromatic N) is 2. The summed E-state index contributed by atoms with van der Waals surface area (Å²) in [4.78, 5) is 33.4. The fourth-order valence-corrected chi connectivity index (χ4v) is 4.25. The number of fused-ring (bicyclic) bond motifs is 1. The predicted octanol–water partition coefficient (Wildman–Crippen LogP) is 4.18. The van der Waals surface area contributed by atoms with E-state index < -0.39 is 0 Å². The van der Waals surface area contributed by atoms with Gasteiger partial charge in [-0.3, -0.25) is 14.6 Å². The van der Waals surface area contributed by atoms with Gasteiger partial charge in [0.1, 0.15) is 5.01 Å². The van der Waals surface area contributed by atoms with Crippen molar-refractivity contribution >= 4 is 33.4 Å². The Morgan fingerprint density at radius 1 is 1.00 bits per heavy atom. The van der Waals surface area contributed by atoms with Crippen LogP contribution in [0.2, 0.25) is 0 Å². The number of thiazole rings is 1. The molecule has 7 heteroatoms. The molecule has 0 spiro atoms. The van der Waals surface area contributed by atoms with Gasteiger partial charge in [-0.15, -0.1) is 11.3 Å². The Kier molecular flexibility index (Phi) is 5.18. The third kappa shape index (κ3) is 4.46. The van der Waals surface area contributed by atoms with E-state index in [9.17, 15) is 9.59 Å². The van der Waals surface area contributed by atoms with Crippen LogP contribution in [0, 0.1) is 0 Å². The number of aromatic nitrogens is 2. The maximum atomic E-state index is 12.5. The molecule has 1 saturated carbocycles. The minimum Gasteiger partial charge on any atom is -0.349 e. The first-order valence-electron chi connectivity index (χ1n) is 10.1. The number of hydrogen-bond donors (Lipinski definition) is 2. The SMILES string of the molecule is O=C(NCc1cccnc1)c1ccc2nc(-c3ccc(C(=O)NC4CC4)cc3)sc2c1. The van der Waals surface area contributed by atoms with E-state index in [4.69, 9.17) is 0 Å². The zero-order valence-electron chi connectivity index (χ0n) is 16.7. The van der Waals surface area contributed by atoms with Crippen molar-refractivity contribution < 1.29 is 9.59 Å². The van der Waals surface area contributed by atoms with Crippen LogP contribution in [-0.4, -0.2) is 27.8 Å². The Hall–Kier alpha value is -3.58. The highest BCUT2D eigenvalue weighted by Gasteiger charge is 2.23. The third-order valence-corrected chi connectivity index (χ3v) is 6.20. The third-order valence-electron chi connectivity index (χ3n) is 5.13. The quantitative estimate of drug-likeness (QED) is 0.483. The van der Waals surface area contributed by atoms with E-state index >= 15 is 0 Å². The Labute approximate surface area is 183 Å². The monoisotopic (exact) mass is 428 g/mol. The lowest BCUT2D eigenvalue weighted by Crippen LogP contribution is -2.25. The zero-order chi connectivity index (χ0) is 21.2. The molecule has 1 aliphatic carbocycles. The number of rotatable bonds is 6. The van der Waals surface area contributed by atoms with Crippen LogP contribution in [0.3, 0.4) is 0 Å². The molecule has 0 aliphatic heterocycles. The Balaban J connectivity index is 1.30. The summed E-state index contributed by atoms with van der Waals surface area (Å²) in [6, 6.07) is 17.1. The lowest BCUT2D eigenvalue weighted by molar-refractivity contribution is 0.0943. The van der Waals surface area contributed by atoms with E-state index in [-0.39, 0.29) is 11.8 Å². The van der Waals surface area contributed by atoms with E-state index in [1.807, 2.05) is 48.5 Å². The summed E-state index contributed by atoms with van der Waals surface area (Å²) < 4.78 is 0.944. The summed E-state index contributed by atoms with van der Waals surface area (Å²) in [5.41, 5.74) is 4.00. The van der Waals surface area contributed by atoms with Crippen molar-refractivity contribution in [3.8, 4) is 10.6 Å². The number of amides is 2. The first kappa shape index (κ1) is 19.4. The van der Waals surface area contributed by atoms with Crippen LogP contribution < -0.4 is 10.6 Å². The average molecular weight is 429 g/mol. The van der Waals surface area contributed by atoms with Crippen LogP contribution in [0.4, 0.5) is 0 Å². The van der Waals surface area contributed by atoms with Crippen LogP contribution in [0.15, 0.2) is 67.0 Å². The number of benzene rings is 2. The number of carbonyl (C=O) groups is 2. The van der Waals surface area contributed by atoms with Crippen molar-refractivity contribution in [2.45, 2.75) is 25.4 Å². The molecular formula is C24H20N4O2S. The predicted molar refractivity (Wildman–Crippen MR) is 121 cm³/mol. The number of nitrogens with one attached hydrogen (secondary N) is 2. The molecule has 0 unspecified atom stereocenters. The van der Waals surface area contributed by atoms with Crippen molar-refractivity contribution in [1.29, 1.82) is 0 Å². The summed E-state index contributed by atoms with van der Waals surface area (Å²) >= 11 is 1.53. The molecule has 31 heavy (non-hydrogen) atoms. The smallest absolute Gasteiger partial charge is 0.251 e. The summed E-state index contributed by atoms with van der Waals surface area (Å²) in [6.07, 6.45) is 5.58. The van der Waals surface area contributed by atoms with Crippen molar-refractivity contribution in [3.05, 3.63) is 83.7 Å². The minimum absolute atomic E-state index is 0.0275. The van der Waals surface area contributed by atoms with Gasteiger partial charge in [0.05, 0.1) is 10.2 Å². The maximum Gasteiger partial charge on any atom is 0.251 e. The lowest BCUT2D eigenvalue weighted by Gasteiger charge is -2.05. The highest BCUT2D eigenvalue weighted by molar-refractivity contribution is 7.21. The molecule has 2 aromatic heterocycles. The second-order valence-electron chi connectivity index (χ2n) is 7.57. The molecule has 154 valence electrons. The highest BCUT2D eigenvalue weighted by atomic mass is 32.1. The largest absolute Gasteiger partial charge is 0.349 e. The van der Waals surface area contributed by atoms with E-state index in [2.05, 4.69) is 20.6 Å². The molecular weight excluding hydrogens is 408 g/mol. The molecule has 0 bridgehead atoms. The summed E-state index contributed by atoms with van der Waals surface area (Å²) in [5, 5.41) is 6.77. The van der Waals surface area contributed by atoms with Crippen LogP contribution in [0.5, 0.6) is 0 Å². The molecule has 2 heterocycles. The molecule has 6 nitrogen and oxygen atoms in total. The Morgan fingerprint density at radius 3 is 2.55 bits per heavy atom. The zero-order valence-corrected chi connectivity index (χ0v) is 17.5. The van der Waals surface area contributed by atoms with Crippen LogP contribution in [-0.2, 0) is 6.54 Å². The second kappa shape index (κ2) is 8.28. The van der Waals surface area contributed by atoms with E-state index in [1.54, 1.807) is 18.5 Å². The number of carbonyl (C=O) groups excluding carboxylic acids is 2. The highest BCUT2D eigenvalue weighted by Crippen LogP contribution is 2.31. The molecule has 4 aromatic rings. The molecule has 0 radical (unpaired) electrons. The normalized spacial score (nSPS) is 13.2. The molecule has 1 aliphatic rings. The Bertz CT molecular complexity index is 1250. The van der Waals surface area contributed by atoms with Gasteiger partial charge in [-0.25, -0.2) is 4.98 Å². The fourth-order valence-electron chi connectivity index (χ4n) is 3.24. The molecule has 1 fully saturated rings. The van der Waals surface area contributed by atoms with Crippen LogP contribution in [0.25, 0.3) is 20.8 Å². The topological polar surface area (TPSA) is 84.0 Å². The van der Waals surface area contributed by atoms with Crippen molar-refractivity contribution in [2.75, 3.05) is 0 Å². The van der Waals surface area contributed by atoms with Gasteiger partial charge in [0.25, 0.3) is 11.8 Å². The van der Waals surface area contributed by atoms with E-state index in [0.717, 1.165) is 39.2 Å². The number of pyridine rings is 1. The first-order chi connectivity index (χ1) is 15.2. The van der Waals surface area contributed by atoms with Crippen LogP contribution >= 0.6 is 11.3 Å². The van der Waals surface area contributed by atoms with Gasteiger partial charge >= 0.3 is 0 Å². The van der Waals surface area contributed by atoms with Gasteiger partial charge in [0.2, 0.25) is 0 Å². The van der Waals surface area contributed by atoms with Crippen molar-refractivity contribution in [2.24, 2.45) is 0 Å². The van der Waals surface area contributed by atoms with Gasteiger partial charge in [-0.1, -0.05) is 18.2 Å². The molecule has 2 N–H and O–H groups in total. The summed E-state index contributed by atoms with van der Waals surface area (Å²) in [5.74, 6) is -0.160. The van der Waals surface area contributed by atoms with Gasteiger partial charge < -0.3 is 10.6 Å². The second-order valence-corrected chi connectivity index (χ2v) is 8.60. The standard InChI is InChI=1S/C24H20N4O2S/c29-22(26-14-15-2-1-11-25-13-15)18-7-10-20-21(12-18)31-24(28-20)17-5-3-16(4-6-17)23(30)27-19-8-9-19/h1-7,10-13,19H,8-9,14H2,(H,26,29)(H,27,30). The van der Waals surface area contributed by atoms with Crippen LogP contribution in [0.1, 0.15) is 39.1 Å². The van der Waals surface area contributed by atoms with Gasteiger partial charge in [-0.2, -0.15) is 0 Å². The van der Waals surface area contributed by atoms with Crippen molar-refractivity contribution in [3.63, 3.8) is 0 Å². The van der Waals surface area contributed by atoms with E-state index in [0.29, 0.717) is 23.7 Å². The minimum atomic E-state index is -0.133. The van der Waals surface area contributed by atoms with Crippen molar-refractivity contribution in [1.82, 2.24) is 20.6 Å². The molecule has 2 aromatic carbocycles. The molecule has 5 rings (SSSR count). The lowest BCUT2D eigenvalue weighted by atomic mass is 10.1. The number of hydrogen-bond acceptors (Lipinski definition) is 5. The fraction of sp³-hybridized carbons (Fsp3) is 0.167. The Morgan fingerprint density at radius 2 is 1.81 bits per heavy atom. The van der Waals surface area contributed by atoms with Gasteiger partial charge in [0.15, 0.2) is 0 Å². The molecule has 0 saturated heterocycles. The van der Waals surface area contributed by atoms with E-state index in [1.165, 1.54) is 11.3 Å². The van der Waals surface area contributed by atoms with Gasteiger partial charge in [-0.05, 0) is 54.8 Å². The van der Waals surface area contributed by atoms with Gasteiger partial charge in [0, 0.05) is 41.7 Å². The summed E-state index contributed by atoms with van der Waals surface area (Å²) in [7, 11) is 0.